The number of thiazole rings is 1. The Morgan fingerprint density at radius 2 is 2.11 bits per heavy atom. The molecule has 1 aromatic carbocycles. The van der Waals surface area contributed by atoms with E-state index in [4.69, 9.17) is 4.98 Å². The molecule has 18 heavy (non-hydrogen) atoms. The second-order valence-corrected chi connectivity index (χ2v) is 6.41. The molecule has 1 heterocycles. The summed E-state index contributed by atoms with van der Waals surface area (Å²) in [6.07, 6.45) is 0.958. The summed E-state index contributed by atoms with van der Waals surface area (Å²) in [6, 6.07) is 6.23. The lowest BCUT2D eigenvalue weighted by molar-refractivity contribution is 1.15. The highest BCUT2D eigenvalue weighted by molar-refractivity contribution is 9.10. The molecule has 0 aliphatic rings. The topological polar surface area (TPSA) is 12.9 Å². The van der Waals surface area contributed by atoms with E-state index in [1.807, 2.05) is 0 Å². The number of benzene rings is 1. The third-order valence-electron chi connectivity index (χ3n) is 2.84. The van der Waals surface area contributed by atoms with Gasteiger partial charge < -0.3 is 0 Å². The van der Waals surface area contributed by atoms with E-state index >= 15 is 0 Å². The van der Waals surface area contributed by atoms with E-state index in [9.17, 15) is 0 Å². The van der Waals surface area contributed by atoms with Crippen LogP contribution in [0.25, 0.3) is 15.8 Å². The van der Waals surface area contributed by atoms with Crippen molar-refractivity contribution in [3.63, 3.8) is 0 Å². The number of aromatic nitrogens is 1. The molecule has 0 spiro atoms. The van der Waals surface area contributed by atoms with E-state index in [-0.39, 0.29) is 0 Å². The summed E-state index contributed by atoms with van der Waals surface area (Å²) in [7, 11) is 0. The van der Waals surface area contributed by atoms with Crippen molar-refractivity contribution in [3.8, 4) is 0 Å². The number of hydrogen-bond acceptors (Lipinski definition) is 2. The van der Waals surface area contributed by atoms with Gasteiger partial charge in [0.05, 0.1) is 10.2 Å². The van der Waals surface area contributed by atoms with Gasteiger partial charge in [-0.15, -0.1) is 11.3 Å². The van der Waals surface area contributed by atoms with Gasteiger partial charge in [0, 0.05) is 10.0 Å². The van der Waals surface area contributed by atoms with Crippen molar-refractivity contribution in [2.24, 2.45) is 0 Å². The van der Waals surface area contributed by atoms with Gasteiger partial charge in [0.25, 0.3) is 0 Å². The average Bonchev–Trinajstić information content (AvgIpc) is 2.70. The SMILES string of the molecule is C=C(CC)C(=C(C)C)c1nc2cc(Br)ccc2s1. The zero-order chi connectivity index (χ0) is 13.3. The Hall–Kier alpha value is -0.930. The van der Waals surface area contributed by atoms with Crippen molar-refractivity contribution < 1.29 is 0 Å². The molecule has 0 radical (unpaired) electrons. The van der Waals surface area contributed by atoms with Crippen LogP contribution in [-0.2, 0) is 0 Å². The Bertz CT molecular complexity index is 633. The molecular weight excluding hydrogens is 306 g/mol. The standard InChI is InChI=1S/C15H16BrNS/c1-5-10(4)14(9(2)3)15-17-12-8-11(16)6-7-13(12)18-15/h6-8H,4-5H2,1-3H3. The first-order valence-electron chi connectivity index (χ1n) is 5.95. The van der Waals surface area contributed by atoms with Crippen LogP contribution in [0.5, 0.6) is 0 Å². The van der Waals surface area contributed by atoms with E-state index in [1.165, 1.54) is 15.8 Å². The number of allylic oxidation sites excluding steroid dienone is 3. The smallest absolute Gasteiger partial charge is 0.124 e. The van der Waals surface area contributed by atoms with Crippen LogP contribution < -0.4 is 0 Å². The van der Waals surface area contributed by atoms with Gasteiger partial charge in [-0.25, -0.2) is 4.98 Å². The molecule has 0 unspecified atom stereocenters. The fraction of sp³-hybridized carbons (Fsp3) is 0.267. The Morgan fingerprint density at radius 3 is 2.72 bits per heavy atom. The molecule has 0 fully saturated rings. The minimum atomic E-state index is 0.958. The summed E-state index contributed by atoms with van der Waals surface area (Å²) in [5.74, 6) is 0. The van der Waals surface area contributed by atoms with Crippen molar-refractivity contribution in [2.75, 3.05) is 0 Å². The van der Waals surface area contributed by atoms with Crippen LogP contribution in [-0.4, -0.2) is 4.98 Å². The number of nitrogens with zero attached hydrogens (tertiary/aromatic N) is 1. The van der Waals surface area contributed by atoms with Gasteiger partial charge in [-0.05, 0) is 44.0 Å². The number of halogens is 1. The van der Waals surface area contributed by atoms with Crippen LogP contribution in [0.1, 0.15) is 32.2 Å². The quantitative estimate of drug-likeness (QED) is 0.649. The highest BCUT2D eigenvalue weighted by Gasteiger charge is 2.12. The van der Waals surface area contributed by atoms with Crippen LogP contribution in [0.15, 0.2) is 40.4 Å². The van der Waals surface area contributed by atoms with Gasteiger partial charge in [0.1, 0.15) is 5.01 Å². The van der Waals surface area contributed by atoms with Gasteiger partial charge in [-0.1, -0.05) is 35.0 Å². The normalized spacial score (nSPS) is 10.7. The first kappa shape index (κ1) is 13.5. The average molecular weight is 322 g/mol. The van der Waals surface area contributed by atoms with Gasteiger partial charge in [-0.3, -0.25) is 0 Å². The zero-order valence-electron chi connectivity index (χ0n) is 10.9. The molecule has 1 nitrogen and oxygen atoms in total. The molecule has 0 aliphatic carbocycles. The zero-order valence-corrected chi connectivity index (χ0v) is 13.3. The molecule has 0 aliphatic heterocycles. The third kappa shape index (κ3) is 2.57. The van der Waals surface area contributed by atoms with Crippen molar-refractivity contribution in [2.45, 2.75) is 27.2 Å². The molecule has 0 saturated carbocycles. The summed E-state index contributed by atoms with van der Waals surface area (Å²) in [4.78, 5) is 4.73. The maximum absolute atomic E-state index is 4.73. The molecule has 94 valence electrons. The van der Waals surface area contributed by atoms with E-state index in [1.54, 1.807) is 11.3 Å². The fourth-order valence-electron chi connectivity index (χ4n) is 1.90. The lowest BCUT2D eigenvalue weighted by atomic mass is 10.0. The van der Waals surface area contributed by atoms with Gasteiger partial charge in [0.15, 0.2) is 0 Å². The summed E-state index contributed by atoms with van der Waals surface area (Å²) in [5.41, 5.74) is 4.70. The van der Waals surface area contributed by atoms with Crippen molar-refractivity contribution in [3.05, 3.63) is 45.4 Å². The molecule has 0 amide bonds. The highest BCUT2D eigenvalue weighted by atomic mass is 79.9. The van der Waals surface area contributed by atoms with E-state index in [2.05, 4.69) is 61.5 Å². The fourth-order valence-corrected chi connectivity index (χ4v) is 3.40. The molecule has 2 rings (SSSR count). The second kappa shape index (κ2) is 5.37. The largest absolute Gasteiger partial charge is 0.236 e. The predicted molar refractivity (Wildman–Crippen MR) is 85.0 cm³/mol. The summed E-state index contributed by atoms with van der Waals surface area (Å²) in [6.45, 7) is 10.5. The summed E-state index contributed by atoms with van der Waals surface area (Å²) < 4.78 is 2.29. The van der Waals surface area contributed by atoms with Crippen molar-refractivity contribution in [1.29, 1.82) is 0 Å². The van der Waals surface area contributed by atoms with Gasteiger partial charge in [-0.2, -0.15) is 0 Å². The van der Waals surface area contributed by atoms with Crippen LogP contribution in [0.3, 0.4) is 0 Å². The molecule has 0 saturated heterocycles. The molecule has 1 aromatic heterocycles. The minimum absolute atomic E-state index is 0.958. The summed E-state index contributed by atoms with van der Waals surface area (Å²) in [5, 5.41) is 1.08. The first-order chi connectivity index (χ1) is 8.52. The Kier molecular flexibility index (Phi) is 4.03. The molecule has 3 heteroatoms. The number of fused-ring (bicyclic) bond motifs is 1. The maximum Gasteiger partial charge on any atom is 0.124 e. The predicted octanol–water partition coefficient (Wildman–Crippen LogP) is 5.82. The van der Waals surface area contributed by atoms with Crippen molar-refractivity contribution in [1.82, 2.24) is 4.98 Å². The number of rotatable bonds is 3. The van der Waals surface area contributed by atoms with Crippen molar-refractivity contribution >= 4 is 43.1 Å². The first-order valence-corrected chi connectivity index (χ1v) is 7.56. The molecule has 2 aromatic rings. The van der Waals surface area contributed by atoms with Gasteiger partial charge in [0.2, 0.25) is 0 Å². The second-order valence-electron chi connectivity index (χ2n) is 4.46. The molecular formula is C15H16BrNS. The molecule has 0 atom stereocenters. The van der Waals surface area contributed by atoms with E-state index in [0.29, 0.717) is 0 Å². The Balaban J connectivity index is 2.59. The van der Waals surface area contributed by atoms with Crippen LogP contribution in [0.2, 0.25) is 0 Å². The highest BCUT2D eigenvalue weighted by Crippen LogP contribution is 2.34. The number of hydrogen-bond donors (Lipinski definition) is 0. The van der Waals surface area contributed by atoms with E-state index in [0.717, 1.165) is 27.0 Å². The maximum atomic E-state index is 4.73. The Morgan fingerprint density at radius 1 is 1.39 bits per heavy atom. The third-order valence-corrected chi connectivity index (χ3v) is 4.39. The monoisotopic (exact) mass is 321 g/mol. The van der Waals surface area contributed by atoms with Gasteiger partial charge >= 0.3 is 0 Å². The molecule has 0 bridgehead atoms. The summed E-state index contributed by atoms with van der Waals surface area (Å²) >= 11 is 5.22. The minimum Gasteiger partial charge on any atom is -0.236 e. The van der Waals surface area contributed by atoms with Crippen LogP contribution >= 0.6 is 27.3 Å². The lowest BCUT2D eigenvalue weighted by Crippen LogP contribution is -1.89. The van der Waals surface area contributed by atoms with E-state index < -0.39 is 0 Å². The van der Waals surface area contributed by atoms with Crippen LogP contribution in [0.4, 0.5) is 0 Å². The lowest BCUT2D eigenvalue weighted by Gasteiger charge is -2.08. The molecule has 0 N–H and O–H groups in total. The Labute approximate surface area is 120 Å². The van der Waals surface area contributed by atoms with Crippen LogP contribution in [0, 0.1) is 0 Å².